The minimum absolute atomic E-state index is 0.282. The number of fused-ring (bicyclic) bond motifs is 1. The number of amides is 1. The number of nitrogens with one attached hydrogen (secondary N) is 1. The van der Waals surface area contributed by atoms with Gasteiger partial charge in [-0.25, -0.2) is 13.8 Å². The van der Waals surface area contributed by atoms with Crippen molar-refractivity contribution in [2.45, 2.75) is 0 Å². The number of para-hydroxylation sites is 1. The maximum absolute atomic E-state index is 13.5. The maximum atomic E-state index is 13.5. The first kappa shape index (κ1) is 14.1. The van der Waals surface area contributed by atoms with E-state index >= 15 is 0 Å². The predicted molar refractivity (Wildman–Crippen MR) is 81.6 cm³/mol. The average molecular weight is 369 g/mol. The molecule has 0 radical (unpaired) electrons. The highest BCUT2D eigenvalue weighted by molar-refractivity contribution is 9.10. The Labute approximate surface area is 130 Å². The van der Waals surface area contributed by atoms with Gasteiger partial charge in [-0.2, -0.15) is 0 Å². The number of benzene rings is 2. The first-order valence-electron chi connectivity index (χ1n) is 5.86. The van der Waals surface area contributed by atoms with Crippen molar-refractivity contribution < 1.29 is 13.6 Å². The quantitative estimate of drug-likeness (QED) is 0.718. The fourth-order valence-corrected chi connectivity index (χ4v) is 3.32. The lowest BCUT2D eigenvalue weighted by Gasteiger charge is -2.03. The molecule has 0 aliphatic carbocycles. The molecule has 0 saturated heterocycles. The lowest BCUT2D eigenvalue weighted by molar-refractivity contribution is 0.101. The lowest BCUT2D eigenvalue weighted by Crippen LogP contribution is -2.15. The van der Waals surface area contributed by atoms with Gasteiger partial charge >= 0.3 is 0 Å². The van der Waals surface area contributed by atoms with Crippen molar-refractivity contribution in [2.24, 2.45) is 0 Å². The molecule has 0 bridgehead atoms. The van der Waals surface area contributed by atoms with Crippen molar-refractivity contribution in [1.29, 1.82) is 0 Å². The van der Waals surface area contributed by atoms with Gasteiger partial charge < -0.3 is 0 Å². The molecule has 3 rings (SSSR count). The van der Waals surface area contributed by atoms with Crippen LogP contribution in [0.2, 0.25) is 0 Å². The van der Waals surface area contributed by atoms with Crippen LogP contribution in [0.3, 0.4) is 0 Å². The molecule has 1 aromatic heterocycles. The molecule has 1 amide bonds. The Bertz CT molecular complexity index is 830. The van der Waals surface area contributed by atoms with Gasteiger partial charge in [-0.15, -0.1) is 0 Å². The van der Waals surface area contributed by atoms with Crippen LogP contribution in [0.5, 0.6) is 0 Å². The zero-order chi connectivity index (χ0) is 15.0. The Kier molecular flexibility index (Phi) is 3.69. The molecule has 21 heavy (non-hydrogen) atoms. The number of aromatic nitrogens is 1. The van der Waals surface area contributed by atoms with Crippen LogP contribution in [0, 0.1) is 11.6 Å². The van der Waals surface area contributed by atoms with Crippen molar-refractivity contribution in [2.75, 3.05) is 5.32 Å². The number of halogens is 3. The number of carbonyl (C=O) groups is 1. The summed E-state index contributed by atoms with van der Waals surface area (Å²) in [5, 5.41) is 2.71. The van der Waals surface area contributed by atoms with Crippen LogP contribution in [-0.2, 0) is 0 Å². The highest BCUT2D eigenvalue weighted by Gasteiger charge is 2.18. The van der Waals surface area contributed by atoms with Gasteiger partial charge in [0.1, 0.15) is 17.2 Å². The van der Waals surface area contributed by atoms with Crippen LogP contribution >= 0.6 is 27.3 Å². The molecule has 1 heterocycles. The molecule has 0 atom stereocenters. The fourth-order valence-electron chi connectivity index (χ4n) is 1.84. The summed E-state index contributed by atoms with van der Waals surface area (Å²) in [6.45, 7) is 0. The van der Waals surface area contributed by atoms with E-state index in [2.05, 4.69) is 26.2 Å². The molecule has 1 N–H and O–H groups in total. The van der Waals surface area contributed by atoms with Gasteiger partial charge in [-0.3, -0.25) is 10.1 Å². The second-order valence-electron chi connectivity index (χ2n) is 4.16. The smallest absolute Gasteiger partial charge is 0.263 e. The van der Waals surface area contributed by atoms with Crippen molar-refractivity contribution in [3.63, 3.8) is 0 Å². The van der Waals surface area contributed by atoms with Crippen LogP contribution in [-0.4, -0.2) is 10.9 Å². The third-order valence-corrected chi connectivity index (χ3v) is 4.36. The largest absolute Gasteiger partial charge is 0.298 e. The van der Waals surface area contributed by atoms with Gasteiger partial charge in [0.2, 0.25) is 0 Å². The summed E-state index contributed by atoms with van der Waals surface area (Å²) in [5.41, 5.74) is 0.0719. The van der Waals surface area contributed by atoms with Crippen LogP contribution in [0.1, 0.15) is 10.4 Å². The van der Waals surface area contributed by atoms with Crippen LogP contribution < -0.4 is 5.32 Å². The molecule has 3 aromatic rings. The molecule has 0 fully saturated rings. The maximum Gasteiger partial charge on any atom is 0.263 e. The van der Waals surface area contributed by atoms with E-state index in [0.717, 1.165) is 21.3 Å². The van der Waals surface area contributed by atoms with E-state index in [0.29, 0.717) is 5.52 Å². The number of carbonyl (C=O) groups excluding carboxylic acids is 1. The Morgan fingerprint density at radius 3 is 2.48 bits per heavy atom. The van der Waals surface area contributed by atoms with Crippen molar-refractivity contribution in [1.82, 2.24) is 4.98 Å². The van der Waals surface area contributed by atoms with Gasteiger partial charge in [-0.05, 0) is 40.2 Å². The third kappa shape index (κ3) is 2.66. The minimum Gasteiger partial charge on any atom is -0.298 e. The summed E-state index contributed by atoms with van der Waals surface area (Å²) in [6, 6.07) is 8.78. The molecular formula is C14H7BrF2N2OS. The van der Waals surface area contributed by atoms with E-state index in [4.69, 9.17) is 0 Å². The van der Waals surface area contributed by atoms with E-state index in [-0.39, 0.29) is 5.13 Å². The number of hydrogen-bond donors (Lipinski definition) is 1. The molecule has 0 spiro atoms. The van der Waals surface area contributed by atoms with E-state index in [1.807, 2.05) is 18.2 Å². The molecule has 2 aromatic carbocycles. The second kappa shape index (κ2) is 5.50. The minimum atomic E-state index is -0.908. The van der Waals surface area contributed by atoms with Crippen LogP contribution in [0.15, 0.2) is 40.9 Å². The number of rotatable bonds is 2. The predicted octanol–water partition coefficient (Wildman–Crippen LogP) is 4.59. The summed E-state index contributed by atoms with van der Waals surface area (Å²) < 4.78 is 28.7. The molecule has 0 unspecified atom stereocenters. The SMILES string of the molecule is O=C(Nc1nc2c(Br)cccc2s1)c1c(F)cccc1F. The molecule has 7 heteroatoms. The molecular weight excluding hydrogens is 362 g/mol. The van der Waals surface area contributed by atoms with E-state index in [1.54, 1.807) is 0 Å². The third-order valence-electron chi connectivity index (χ3n) is 2.78. The number of hydrogen-bond acceptors (Lipinski definition) is 3. The molecule has 3 nitrogen and oxygen atoms in total. The molecule has 0 aliphatic heterocycles. The molecule has 0 saturated carbocycles. The number of thiazole rings is 1. The standard InChI is InChI=1S/C14H7BrF2N2OS/c15-7-3-1-6-10-12(7)18-14(21-10)19-13(20)11-8(16)4-2-5-9(11)17/h1-6H,(H,18,19,20). The summed E-state index contributed by atoms with van der Waals surface area (Å²) in [7, 11) is 0. The topological polar surface area (TPSA) is 42.0 Å². The monoisotopic (exact) mass is 368 g/mol. The van der Waals surface area contributed by atoms with Crippen LogP contribution in [0.25, 0.3) is 10.2 Å². The van der Waals surface area contributed by atoms with E-state index in [1.165, 1.54) is 17.4 Å². The van der Waals surface area contributed by atoms with E-state index < -0.39 is 23.1 Å². The summed E-state index contributed by atoms with van der Waals surface area (Å²) >= 11 is 4.58. The Morgan fingerprint density at radius 1 is 1.14 bits per heavy atom. The Morgan fingerprint density at radius 2 is 1.81 bits per heavy atom. The highest BCUT2D eigenvalue weighted by Crippen LogP contribution is 2.31. The first-order chi connectivity index (χ1) is 10.1. The van der Waals surface area contributed by atoms with Gasteiger partial charge in [-0.1, -0.05) is 23.5 Å². The van der Waals surface area contributed by atoms with E-state index in [9.17, 15) is 13.6 Å². The number of nitrogens with zero attached hydrogens (tertiary/aromatic N) is 1. The van der Waals surface area contributed by atoms with Crippen LogP contribution in [0.4, 0.5) is 13.9 Å². The molecule has 106 valence electrons. The van der Waals surface area contributed by atoms with Gasteiger partial charge in [0.15, 0.2) is 5.13 Å². The number of anilines is 1. The fraction of sp³-hybridized carbons (Fsp3) is 0. The summed E-state index contributed by atoms with van der Waals surface area (Å²) in [4.78, 5) is 16.2. The zero-order valence-electron chi connectivity index (χ0n) is 10.4. The summed E-state index contributed by atoms with van der Waals surface area (Å²) in [5.74, 6) is -2.68. The summed E-state index contributed by atoms with van der Waals surface area (Å²) in [6.07, 6.45) is 0. The lowest BCUT2D eigenvalue weighted by atomic mass is 10.2. The first-order valence-corrected chi connectivity index (χ1v) is 7.47. The molecule has 0 aliphatic rings. The normalized spacial score (nSPS) is 10.8. The van der Waals surface area contributed by atoms with Gasteiger partial charge in [0.05, 0.1) is 10.2 Å². The highest BCUT2D eigenvalue weighted by atomic mass is 79.9. The van der Waals surface area contributed by atoms with Crippen molar-refractivity contribution in [3.05, 3.63) is 58.1 Å². The van der Waals surface area contributed by atoms with Gasteiger partial charge in [0.25, 0.3) is 5.91 Å². The Hall–Kier alpha value is -1.86. The average Bonchev–Trinajstić information content (AvgIpc) is 2.82. The second-order valence-corrected chi connectivity index (χ2v) is 6.04. The Balaban J connectivity index is 1.95. The van der Waals surface area contributed by atoms with Crippen molar-refractivity contribution in [3.8, 4) is 0 Å². The zero-order valence-corrected chi connectivity index (χ0v) is 12.8. The van der Waals surface area contributed by atoms with Gasteiger partial charge in [0, 0.05) is 4.47 Å². The van der Waals surface area contributed by atoms with Crippen molar-refractivity contribution >= 4 is 48.5 Å².